The van der Waals surface area contributed by atoms with Gasteiger partial charge in [0.25, 0.3) is 0 Å². The minimum absolute atomic E-state index is 0.113. The Kier molecular flexibility index (Phi) is 4.06. The molecular weight excluding hydrogens is 338 g/mol. The number of aromatic nitrogens is 2. The van der Waals surface area contributed by atoms with Crippen LogP contribution in [0.15, 0.2) is 28.8 Å². The summed E-state index contributed by atoms with van der Waals surface area (Å²) in [5, 5.41) is 4.25. The van der Waals surface area contributed by atoms with Crippen molar-refractivity contribution in [2.45, 2.75) is 57.3 Å². The summed E-state index contributed by atoms with van der Waals surface area (Å²) >= 11 is 0. The highest BCUT2D eigenvalue weighted by molar-refractivity contribution is 5.79. The lowest BCUT2D eigenvalue weighted by atomic mass is 9.80. The fraction of sp³-hybridized carbons (Fsp3) is 0.591. The summed E-state index contributed by atoms with van der Waals surface area (Å²) in [6.07, 6.45) is 7.38. The predicted molar refractivity (Wildman–Crippen MR) is 101 cm³/mol. The molecule has 2 aromatic rings. The lowest BCUT2D eigenvalue weighted by Crippen LogP contribution is -2.35. The minimum atomic E-state index is -0.113. The van der Waals surface area contributed by atoms with Crippen LogP contribution in [-0.4, -0.2) is 34.0 Å². The average Bonchev–Trinajstić information content (AvgIpc) is 3.05. The van der Waals surface area contributed by atoms with Crippen molar-refractivity contribution in [3.8, 4) is 0 Å². The van der Waals surface area contributed by atoms with E-state index in [0.29, 0.717) is 12.3 Å². The van der Waals surface area contributed by atoms with Crippen molar-refractivity contribution in [1.29, 1.82) is 0 Å². The van der Waals surface area contributed by atoms with Gasteiger partial charge in [0.2, 0.25) is 11.8 Å². The third kappa shape index (κ3) is 3.17. The summed E-state index contributed by atoms with van der Waals surface area (Å²) in [4.78, 5) is 19.7. The van der Waals surface area contributed by atoms with E-state index >= 15 is 0 Å². The molecule has 1 saturated heterocycles. The Morgan fingerprint density at radius 3 is 2.85 bits per heavy atom. The summed E-state index contributed by atoms with van der Waals surface area (Å²) in [5.74, 6) is 3.06. The molecule has 1 amide bonds. The van der Waals surface area contributed by atoms with Gasteiger partial charge in [-0.05, 0) is 50.0 Å². The summed E-state index contributed by atoms with van der Waals surface area (Å²) in [7, 11) is 0. The number of hydrogen-bond acceptors (Lipinski definition) is 4. The molecule has 1 aliphatic heterocycles. The van der Waals surface area contributed by atoms with Crippen LogP contribution in [0.5, 0.6) is 0 Å². The van der Waals surface area contributed by atoms with E-state index < -0.39 is 0 Å². The number of rotatable bonds is 5. The van der Waals surface area contributed by atoms with Gasteiger partial charge in [0.1, 0.15) is 0 Å². The smallest absolute Gasteiger partial charge is 0.235 e. The molecule has 2 aliphatic carbocycles. The minimum Gasteiger partial charge on any atom is -0.341 e. The van der Waals surface area contributed by atoms with Gasteiger partial charge in [-0.25, -0.2) is 0 Å². The van der Waals surface area contributed by atoms with E-state index in [1.54, 1.807) is 0 Å². The van der Waals surface area contributed by atoms with Crippen LogP contribution in [0.4, 0.5) is 0 Å². The zero-order valence-corrected chi connectivity index (χ0v) is 16.0. The number of amides is 1. The maximum absolute atomic E-state index is 12.9. The standard InChI is InChI=1S/C22H27N3O2/c1-15-4-6-17(7-5-15)12-20(26)25-13-18-3-2-10-22(18,14-25)21-23-19(24-27-21)11-16-8-9-16/h4-7,16,18H,2-3,8-14H2,1H3/t18-,22-/m1/s1. The van der Waals surface area contributed by atoms with E-state index in [9.17, 15) is 4.79 Å². The van der Waals surface area contributed by atoms with E-state index in [4.69, 9.17) is 9.51 Å². The van der Waals surface area contributed by atoms with Crippen LogP contribution in [0.3, 0.4) is 0 Å². The van der Waals surface area contributed by atoms with Gasteiger partial charge in [-0.15, -0.1) is 0 Å². The number of likely N-dealkylation sites (tertiary alicyclic amines) is 1. The second kappa shape index (κ2) is 6.47. The first kappa shape index (κ1) is 17.0. The molecule has 5 nitrogen and oxygen atoms in total. The van der Waals surface area contributed by atoms with Gasteiger partial charge in [0.15, 0.2) is 5.82 Å². The van der Waals surface area contributed by atoms with Crippen molar-refractivity contribution in [3.63, 3.8) is 0 Å². The topological polar surface area (TPSA) is 59.2 Å². The van der Waals surface area contributed by atoms with Crippen LogP contribution in [0.25, 0.3) is 0 Å². The van der Waals surface area contributed by atoms with Crippen molar-refractivity contribution in [3.05, 3.63) is 47.1 Å². The van der Waals surface area contributed by atoms with E-state index in [1.165, 1.54) is 24.8 Å². The Labute approximate surface area is 160 Å². The summed E-state index contributed by atoms with van der Waals surface area (Å²) in [5.41, 5.74) is 2.19. The van der Waals surface area contributed by atoms with Crippen LogP contribution in [0.2, 0.25) is 0 Å². The first-order valence-electron chi connectivity index (χ1n) is 10.3. The molecule has 27 heavy (non-hydrogen) atoms. The molecule has 0 unspecified atom stereocenters. The maximum atomic E-state index is 12.9. The molecule has 2 heterocycles. The van der Waals surface area contributed by atoms with Crippen LogP contribution in [0.1, 0.15) is 54.9 Å². The van der Waals surface area contributed by atoms with E-state index in [0.717, 1.165) is 55.5 Å². The molecule has 1 aromatic carbocycles. The predicted octanol–water partition coefficient (Wildman–Crippen LogP) is 3.45. The molecular formula is C22H27N3O2. The zero-order chi connectivity index (χ0) is 18.4. The van der Waals surface area contributed by atoms with E-state index in [1.807, 2.05) is 4.90 Å². The Bertz CT molecular complexity index is 839. The zero-order valence-electron chi connectivity index (χ0n) is 16.0. The van der Waals surface area contributed by atoms with E-state index in [2.05, 4.69) is 36.3 Å². The normalized spacial score (nSPS) is 27.1. The molecule has 3 aliphatic rings. The first-order valence-corrected chi connectivity index (χ1v) is 10.3. The van der Waals surface area contributed by atoms with Gasteiger partial charge in [-0.2, -0.15) is 4.98 Å². The van der Waals surface area contributed by atoms with Crippen molar-refractivity contribution in [2.24, 2.45) is 11.8 Å². The Morgan fingerprint density at radius 2 is 2.07 bits per heavy atom. The maximum Gasteiger partial charge on any atom is 0.235 e. The van der Waals surface area contributed by atoms with Crippen molar-refractivity contribution >= 4 is 5.91 Å². The molecule has 0 bridgehead atoms. The lowest BCUT2D eigenvalue weighted by molar-refractivity contribution is -0.129. The molecule has 5 heteroatoms. The summed E-state index contributed by atoms with van der Waals surface area (Å²) in [6, 6.07) is 8.26. The molecule has 142 valence electrons. The average molecular weight is 365 g/mol. The third-order valence-electron chi connectivity index (χ3n) is 6.76. The summed E-state index contributed by atoms with van der Waals surface area (Å²) < 4.78 is 5.74. The second-order valence-electron chi connectivity index (χ2n) is 8.85. The number of benzene rings is 1. The van der Waals surface area contributed by atoms with Gasteiger partial charge < -0.3 is 9.42 Å². The number of carbonyl (C=O) groups is 1. The van der Waals surface area contributed by atoms with Gasteiger partial charge in [-0.3, -0.25) is 4.79 Å². The number of nitrogens with zero attached hydrogens (tertiary/aromatic N) is 3. The SMILES string of the molecule is Cc1ccc(CC(=O)N2C[C@H]3CCC[C@@]3(c3nc(CC4CC4)no3)C2)cc1. The van der Waals surface area contributed by atoms with Crippen LogP contribution >= 0.6 is 0 Å². The number of carbonyl (C=O) groups excluding carboxylic acids is 1. The summed E-state index contributed by atoms with van der Waals surface area (Å²) in [6.45, 7) is 3.62. The highest BCUT2D eigenvalue weighted by Gasteiger charge is 2.55. The molecule has 3 fully saturated rings. The van der Waals surface area contributed by atoms with Crippen LogP contribution < -0.4 is 0 Å². The number of hydrogen-bond donors (Lipinski definition) is 0. The van der Waals surface area contributed by atoms with Gasteiger partial charge in [0.05, 0.1) is 11.8 Å². The van der Waals surface area contributed by atoms with Gasteiger partial charge in [-0.1, -0.05) is 41.4 Å². The van der Waals surface area contributed by atoms with Gasteiger partial charge in [0, 0.05) is 19.5 Å². The molecule has 2 atom stereocenters. The lowest BCUT2D eigenvalue weighted by Gasteiger charge is -2.24. The molecule has 0 radical (unpaired) electrons. The number of fused-ring (bicyclic) bond motifs is 1. The van der Waals surface area contributed by atoms with Gasteiger partial charge >= 0.3 is 0 Å². The monoisotopic (exact) mass is 365 g/mol. The van der Waals surface area contributed by atoms with Crippen LogP contribution in [0, 0.1) is 18.8 Å². The fourth-order valence-electron chi connectivity index (χ4n) is 4.94. The fourth-order valence-corrected chi connectivity index (χ4v) is 4.94. The molecule has 0 N–H and O–H groups in total. The largest absolute Gasteiger partial charge is 0.341 e. The Morgan fingerprint density at radius 1 is 1.26 bits per heavy atom. The van der Waals surface area contributed by atoms with Crippen molar-refractivity contribution < 1.29 is 9.32 Å². The van der Waals surface area contributed by atoms with Crippen molar-refractivity contribution in [2.75, 3.05) is 13.1 Å². The highest BCUT2D eigenvalue weighted by atomic mass is 16.5. The highest BCUT2D eigenvalue weighted by Crippen LogP contribution is 2.50. The first-order chi connectivity index (χ1) is 13.1. The quantitative estimate of drug-likeness (QED) is 0.814. The van der Waals surface area contributed by atoms with E-state index in [-0.39, 0.29) is 11.3 Å². The Hall–Kier alpha value is -2.17. The van der Waals surface area contributed by atoms with Crippen LogP contribution in [-0.2, 0) is 23.1 Å². The third-order valence-corrected chi connectivity index (χ3v) is 6.76. The molecule has 5 rings (SSSR count). The molecule has 2 saturated carbocycles. The number of aryl methyl sites for hydroxylation is 1. The molecule has 1 aromatic heterocycles. The Balaban J connectivity index is 1.32. The molecule has 0 spiro atoms. The second-order valence-corrected chi connectivity index (χ2v) is 8.85. The van der Waals surface area contributed by atoms with Crippen molar-refractivity contribution in [1.82, 2.24) is 15.0 Å².